The molecule has 0 saturated carbocycles. The SMILES string of the molecule is CCCN(CCC)CCCCC(O)(CCCOCCOCc1ccccc1)CCCOCCOCc1ccccc1. The summed E-state index contributed by atoms with van der Waals surface area (Å²) < 4.78 is 23.0. The maximum atomic E-state index is 11.5. The minimum atomic E-state index is -0.666. The molecule has 2 aromatic rings. The molecule has 41 heavy (non-hydrogen) atoms. The van der Waals surface area contributed by atoms with Gasteiger partial charge in [0, 0.05) is 13.2 Å². The summed E-state index contributed by atoms with van der Waals surface area (Å²) >= 11 is 0. The monoisotopic (exact) mass is 571 g/mol. The van der Waals surface area contributed by atoms with E-state index in [-0.39, 0.29) is 0 Å². The number of nitrogens with zero attached hydrogens (tertiary/aromatic N) is 1. The van der Waals surface area contributed by atoms with E-state index >= 15 is 0 Å². The molecule has 0 saturated heterocycles. The summed E-state index contributed by atoms with van der Waals surface area (Å²) in [7, 11) is 0. The maximum absolute atomic E-state index is 11.5. The first kappa shape index (κ1) is 35.4. The number of hydrogen-bond donors (Lipinski definition) is 1. The Balaban J connectivity index is 1.62. The Bertz CT molecular complexity index is 773. The van der Waals surface area contributed by atoms with E-state index in [0.29, 0.717) is 52.9 Å². The first-order valence-electron chi connectivity index (χ1n) is 16.0. The summed E-state index contributed by atoms with van der Waals surface area (Å²) in [5.41, 5.74) is 1.68. The second-order valence-corrected chi connectivity index (χ2v) is 11.0. The third kappa shape index (κ3) is 18.4. The second kappa shape index (κ2) is 23.7. The predicted octanol–water partition coefficient (Wildman–Crippen LogP) is 7.04. The van der Waals surface area contributed by atoms with Crippen molar-refractivity contribution in [2.24, 2.45) is 0 Å². The third-order valence-electron chi connectivity index (χ3n) is 7.27. The number of hydrogen-bond acceptors (Lipinski definition) is 6. The van der Waals surface area contributed by atoms with Gasteiger partial charge in [-0.1, -0.05) is 74.5 Å². The lowest BCUT2D eigenvalue weighted by Crippen LogP contribution is -2.31. The van der Waals surface area contributed by atoms with Crippen LogP contribution in [-0.2, 0) is 32.2 Å². The minimum absolute atomic E-state index is 0.580. The Morgan fingerprint density at radius 3 is 1.44 bits per heavy atom. The van der Waals surface area contributed by atoms with Crippen LogP contribution in [0.4, 0.5) is 0 Å². The van der Waals surface area contributed by atoms with Crippen LogP contribution in [0.25, 0.3) is 0 Å². The quantitative estimate of drug-likeness (QED) is 0.116. The van der Waals surface area contributed by atoms with Gasteiger partial charge >= 0.3 is 0 Å². The standard InChI is InChI=1S/C35H57NO5/c1-3-22-36(23-4-2)24-12-11-19-35(37,20-13-25-38-27-29-40-31-33-15-7-5-8-16-33)21-14-26-39-28-30-41-32-34-17-9-6-10-18-34/h5-10,15-18,37H,3-4,11-14,19-32H2,1-2H3. The van der Waals surface area contributed by atoms with Crippen LogP contribution in [0.1, 0.15) is 82.8 Å². The molecular formula is C35H57NO5. The summed E-state index contributed by atoms with van der Waals surface area (Å²) in [5.74, 6) is 0. The molecule has 0 aliphatic carbocycles. The summed E-state index contributed by atoms with van der Waals surface area (Å²) in [6, 6.07) is 20.4. The Morgan fingerprint density at radius 2 is 0.976 bits per heavy atom. The van der Waals surface area contributed by atoms with E-state index in [9.17, 15) is 5.11 Å². The van der Waals surface area contributed by atoms with Gasteiger partial charge in [0.1, 0.15) is 0 Å². The summed E-state index contributed by atoms with van der Waals surface area (Å²) in [5, 5.41) is 11.5. The number of benzene rings is 2. The third-order valence-corrected chi connectivity index (χ3v) is 7.27. The van der Waals surface area contributed by atoms with E-state index in [4.69, 9.17) is 18.9 Å². The zero-order valence-corrected chi connectivity index (χ0v) is 25.9. The Kier molecular flexibility index (Phi) is 20.5. The molecule has 0 aliphatic heterocycles. The van der Waals surface area contributed by atoms with Crippen molar-refractivity contribution in [3.05, 3.63) is 71.8 Å². The van der Waals surface area contributed by atoms with E-state index in [1.165, 1.54) is 24.0 Å². The molecule has 0 heterocycles. The van der Waals surface area contributed by atoms with Crippen molar-refractivity contribution in [3.63, 3.8) is 0 Å². The fourth-order valence-corrected chi connectivity index (χ4v) is 5.11. The Hall–Kier alpha value is -1.80. The van der Waals surface area contributed by atoms with Crippen LogP contribution in [0, 0.1) is 0 Å². The first-order chi connectivity index (χ1) is 20.1. The molecular weight excluding hydrogens is 514 g/mol. The van der Waals surface area contributed by atoms with Gasteiger partial charge in [0.05, 0.1) is 45.2 Å². The van der Waals surface area contributed by atoms with E-state index in [0.717, 1.165) is 64.6 Å². The summed E-state index contributed by atoms with van der Waals surface area (Å²) in [6.45, 7) is 12.8. The maximum Gasteiger partial charge on any atom is 0.0718 e. The molecule has 6 heteroatoms. The molecule has 0 radical (unpaired) electrons. The van der Waals surface area contributed by atoms with E-state index in [1.807, 2.05) is 36.4 Å². The van der Waals surface area contributed by atoms with Gasteiger partial charge in [0.15, 0.2) is 0 Å². The molecule has 232 valence electrons. The lowest BCUT2D eigenvalue weighted by molar-refractivity contribution is -0.0148. The molecule has 2 rings (SSSR count). The average molecular weight is 572 g/mol. The highest BCUT2D eigenvalue weighted by molar-refractivity contribution is 5.14. The highest BCUT2D eigenvalue weighted by Gasteiger charge is 2.25. The first-order valence-corrected chi connectivity index (χ1v) is 16.0. The molecule has 0 aromatic heterocycles. The number of rotatable bonds is 27. The van der Waals surface area contributed by atoms with E-state index in [1.54, 1.807) is 0 Å². The van der Waals surface area contributed by atoms with Gasteiger partial charge in [-0.05, 0) is 88.5 Å². The zero-order chi connectivity index (χ0) is 29.3. The lowest BCUT2D eigenvalue weighted by atomic mass is 9.87. The molecule has 0 fully saturated rings. The van der Waals surface area contributed by atoms with Crippen molar-refractivity contribution in [1.29, 1.82) is 0 Å². The molecule has 1 N–H and O–H groups in total. The fraction of sp³-hybridized carbons (Fsp3) is 0.657. The highest BCUT2D eigenvalue weighted by atomic mass is 16.5. The van der Waals surface area contributed by atoms with Gasteiger partial charge in [-0.25, -0.2) is 0 Å². The van der Waals surface area contributed by atoms with Crippen LogP contribution >= 0.6 is 0 Å². The predicted molar refractivity (Wildman–Crippen MR) is 168 cm³/mol. The van der Waals surface area contributed by atoms with Gasteiger partial charge in [0.25, 0.3) is 0 Å². The van der Waals surface area contributed by atoms with Crippen molar-refractivity contribution in [1.82, 2.24) is 4.90 Å². The molecule has 2 aromatic carbocycles. The molecule has 0 aliphatic rings. The van der Waals surface area contributed by atoms with Crippen molar-refractivity contribution >= 4 is 0 Å². The normalized spacial score (nSPS) is 11.9. The van der Waals surface area contributed by atoms with Gasteiger partial charge < -0.3 is 29.0 Å². The summed E-state index contributed by atoms with van der Waals surface area (Å²) in [6.07, 6.45) is 8.60. The number of ether oxygens (including phenoxy) is 4. The Labute approximate surface area is 250 Å². The summed E-state index contributed by atoms with van der Waals surface area (Å²) in [4.78, 5) is 2.56. The second-order valence-electron chi connectivity index (χ2n) is 11.0. The zero-order valence-electron chi connectivity index (χ0n) is 25.9. The van der Waals surface area contributed by atoms with Crippen LogP contribution in [0.3, 0.4) is 0 Å². The lowest BCUT2D eigenvalue weighted by Gasteiger charge is -2.29. The van der Waals surface area contributed by atoms with Gasteiger partial charge in [-0.15, -0.1) is 0 Å². The highest BCUT2D eigenvalue weighted by Crippen LogP contribution is 2.26. The van der Waals surface area contributed by atoms with Crippen LogP contribution in [0.2, 0.25) is 0 Å². The number of aliphatic hydroxyl groups is 1. The van der Waals surface area contributed by atoms with Crippen LogP contribution < -0.4 is 0 Å². The molecule has 0 unspecified atom stereocenters. The largest absolute Gasteiger partial charge is 0.390 e. The van der Waals surface area contributed by atoms with Crippen molar-refractivity contribution < 1.29 is 24.1 Å². The smallest absolute Gasteiger partial charge is 0.0718 e. The molecule has 0 atom stereocenters. The van der Waals surface area contributed by atoms with E-state index in [2.05, 4.69) is 43.0 Å². The fourth-order valence-electron chi connectivity index (χ4n) is 5.11. The van der Waals surface area contributed by atoms with Gasteiger partial charge in [-0.2, -0.15) is 0 Å². The Morgan fingerprint density at radius 1 is 0.537 bits per heavy atom. The minimum Gasteiger partial charge on any atom is -0.390 e. The van der Waals surface area contributed by atoms with Crippen molar-refractivity contribution in [2.75, 3.05) is 59.3 Å². The molecule has 0 spiro atoms. The van der Waals surface area contributed by atoms with Crippen molar-refractivity contribution in [2.45, 2.75) is 90.4 Å². The van der Waals surface area contributed by atoms with Crippen LogP contribution in [-0.4, -0.2) is 74.9 Å². The molecule has 0 bridgehead atoms. The molecule has 6 nitrogen and oxygen atoms in total. The van der Waals surface area contributed by atoms with Crippen LogP contribution in [0.5, 0.6) is 0 Å². The van der Waals surface area contributed by atoms with E-state index < -0.39 is 5.60 Å². The van der Waals surface area contributed by atoms with Gasteiger partial charge in [0.2, 0.25) is 0 Å². The molecule has 0 amide bonds. The topological polar surface area (TPSA) is 60.4 Å². The average Bonchev–Trinajstić information content (AvgIpc) is 2.99. The van der Waals surface area contributed by atoms with Crippen LogP contribution in [0.15, 0.2) is 60.7 Å². The number of unbranched alkanes of at least 4 members (excludes halogenated alkanes) is 1. The van der Waals surface area contributed by atoms with Crippen molar-refractivity contribution in [3.8, 4) is 0 Å². The van der Waals surface area contributed by atoms with Gasteiger partial charge in [-0.3, -0.25) is 0 Å².